The summed E-state index contributed by atoms with van der Waals surface area (Å²) in [7, 11) is 0. The molecule has 0 saturated heterocycles. The van der Waals surface area contributed by atoms with Gasteiger partial charge in [-0.15, -0.1) is 0 Å². The van der Waals surface area contributed by atoms with Gasteiger partial charge >= 0.3 is 0 Å². The van der Waals surface area contributed by atoms with Crippen molar-refractivity contribution >= 4 is 5.57 Å². The van der Waals surface area contributed by atoms with E-state index in [-0.39, 0.29) is 17.1 Å². The number of hydrogen-bond donors (Lipinski definition) is 0. The Morgan fingerprint density at radius 2 is 1.40 bits per heavy atom. The van der Waals surface area contributed by atoms with E-state index < -0.39 is 0 Å². The number of rotatable bonds is 2. The zero-order chi connectivity index (χ0) is 13.5. The SMILES string of the molecule is CC(C)c1ccc(C2=C[CH]C=C2)cc1.[CH]1C=CC=C1.[Fe]. The molecule has 2 aliphatic carbocycles. The van der Waals surface area contributed by atoms with Gasteiger partial charge in [-0.2, -0.15) is 0 Å². The monoisotopic (exact) mass is 304 g/mol. The second kappa shape index (κ2) is 8.79. The molecule has 2 aliphatic rings. The molecule has 0 spiro atoms. The molecule has 0 fully saturated rings. The fraction of sp³-hybridized carbons (Fsp3) is 0.158. The van der Waals surface area contributed by atoms with Crippen LogP contribution in [0.2, 0.25) is 0 Å². The van der Waals surface area contributed by atoms with Crippen molar-refractivity contribution in [1.29, 1.82) is 0 Å². The van der Waals surface area contributed by atoms with Crippen LogP contribution in [0.3, 0.4) is 0 Å². The summed E-state index contributed by atoms with van der Waals surface area (Å²) in [6.07, 6.45) is 18.4. The van der Waals surface area contributed by atoms with Crippen LogP contribution in [-0.4, -0.2) is 0 Å². The number of benzene rings is 1. The minimum atomic E-state index is 0. The van der Waals surface area contributed by atoms with E-state index in [1.807, 2.05) is 30.7 Å². The molecule has 0 aliphatic heterocycles. The molecular weight excluding hydrogens is 284 g/mol. The second-order valence-electron chi connectivity index (χ2n) is 4.91. The molecule has 104 valence electrons. The molecule has 1 aromatic carbocycles. The second-order valence-corrected chi connectivity index (χ2v) is 4.91. The molecule has 0 unspecified atom stereocenters. The van der Waals surface area contributed by atoms with Crippen LogP contribution in [-0.2, 0) is 17.1 Å². The first-order valence-corrected chi connectivity index (χ1v) is 6.76. The molecule has 0 bridgehead atoms. The fourth-order valence-corrected chi connectivity index (χ4v) is 1.95. The van der Waals surface area contributed by atoms with Gasteiger partial charge in [0.05, 0.1) is 0 Å². The van der Waals surface area contributed by atoms with Crippen molar-refractivity contribution in [3.05, 3.63) is 90.8 Å². The van der Waals surface area contributed by atoms with Crippen molar-refractivity contribution in [3.63, 3.8) is 0 Å². The van der Waals surface area contributed by atoms with Gasteiger partial charge < -0.3 is 0 Å². The average molecular weight is 304 g/mol. The molecule has 1 heteroatoms. The van der Waals surface area contributed by atoms with Crippen molar-refractivity contribution in [3.8, 4) is 0 Å². The van der Waals surface area contributed by atoms with E-state index in [0.717, 1.165) is 0 Å². The summed E-state index contributed by atoms with van der Waals surface area (Å²) in [6.45, 7) is 4.44. The van der Waals surface area contributed by atoms with Gasteiger partial charge in [0.25, 0.3) is 0 Å². The quantitative estimate of drug-likeness (QED) is 0.652. The molecule has 20 heavy (non-hydrogen) atoms. The third kappa shape index (κ3) is 5.00. The summed E-state index contributed by atoms with van der Waals surface area (Å²) in [5.41, 5.74) is 4.01. The van der Waals surface area contributed by atoms with E-state index in [1.165, 1.54) is 16.7 Å². The molecule has 3 rings (SSSR count). The van der Waals surface area contributed by atoms with Crippen LogP contribution < -0.4 is 0 Å². The van der Waals surface area contributed by atoms with Crippen LogP contribution in [0.1, 0.15) is 30.9 Å². The molecule has 2 radical (unpaired) electrons. The fourth-order valence-electron chi connectivity index (χ4n) is 1.95. The van der Waals surface area contributed by atoms with Crippen LogP contribution in [0.15, 0.2) is 66.8 Å². The molecule has 0 nitrogen and oxygen atoms in total. The van der Waals surface area contributed by atoms with Gasteiger partial charge in [0.1, 0.15) is 0 Å². The molecular formula is C19H20Fe. The summed E-state index contributed by atoms with van der Waals surface area (Å²) < 4.78 is 0. The summed E-state index contributed by atoms with van der Waals surface area (Å²) in [4.78, 5) is 0. The third-order valence-electron chi connectivity index (χ3n) is 3.13. The van der Waals surface area contributed by atoms with E-state index in [0.29, 0.717) is 5.92 Å². The van der Waals surface area contributed by atoms with Crippen molar-refractivity contribution in [1.82, 2.24) is 0 Å². The zero-order valence-electron chi connectivity index (χ0n) is 11.9. The van der Waals surface area contributed by atoms with Crippen molar-refractivity contribution in [2.24, 2.45) is 0 Å². The summed E-state index contributed by atoms with van der Waals surface area (Å²) in [6, 6.07) is 8.83. The summed E-state index contributed by atoms with van der Waals surface area (Å²) in [5, 5.41) is 0. The Labute approximate surface area is 133 Å². The molecule has 0 N–H and O–H groups in total. The van der Waals surface area contributed by atoms with Gasteiger partial charge in [-0.05, 0) is 22.6 Å². The largest absolute Gasteiger partial charge is 0.0767 e. The van der Waals surface area contributed by atoms with Gasteiger partial charge in [0.2, 0.25) is 0 Å². The van der Waals surface area contributed by atoms with Gasteiger partial charge in [0.15, 0.2) is 0 Å². The molecule has 1 aromatic rings. The molecule has 0 aromatic heterocycles. The van der Waals surface area contributed by atoms with E-state index in [4.69, 9.17) is 0 Å². The topological polar surface area (TPSA) is 0 Å². The van der Waals surface area contributed by atoms with E-state index in [9.17, 15) is 0 Å². The van der Waals surface area contributed by atoms with Gasteiger partial charge in [0, 0.05) is 29.9 Å². The Morgan fingerprint density at radius 3 is 1.80 bits per heavy atom. The zero-order valence-corrected chi connectivity index (χ0v) is 13.0. The minimum absolute atomic E-state index is 0. The first-order valence-electron chi connectivity index (χ1n) is 6.76. The van der Waals surface area contributed by atoms with Crippen LogP contribution >= 0.6 is 0 Å². The number of allylic oxidation sites excluding steroid dienone is 8. The Morgan fingerprint density at radius 1 is 0.750 bits per heavy atom. The number of hydrogen-bond acceptors (Lipinski definition) is 0. The van der Waals surface area contributed by atoms with Crippen LogP contribution in [0.25, 0.3) is 5.57 Å². The molecule has 0 saturated carbocycles. The van der Waals surface area contributed by atoms with Crippen LogP contribution in [0.4, 0.5) is 0 Å². The summed E-state index contributed by atoms with van der Waals surface area (Å²) in [5.74, 6) is 0.615. The minimum Gasteiger partial charge on any atom is -0.0767 e. The standard InChI is InChI=1S/C14H15.C5H5.Fe/c1-11(2)12-7-9-14(10-8-12)13-5-3-4-6-13;1-2-4-5-3-1;/h3-11H,1-2H3;1-5H;. The van der Waals surface area contributed by atoms with E-state index in [2.05, 4.69) is 62.8 Å². The maximum atomic E-state index is 2.22. The first kappa shape index (κ1) is 16.8. The normalized spacial score (nSPS) is 14.8. The van der Waals surface area contributed by atoms with Crippen molar-refractivity contribution in [2.45, 2.75) is 19.8 Å². The van der Waals surface area contributed by atoms with Crippen LogP contribution in [0, 0.1) is 12.8 Å². The van der Waals surface area contributed by atoms with Gasteiger partial charge in [-0.3, -0.25) is 0 Å². The van der Waals surface area contributed by atoms with Crippen molar-refractivity contribution in [2.75, 3.05) is 0 Å². The van der Waals surface area contributed by atoms with Crippen LogP contribution in [0.5, 0.6) is 0 Å². The van der Waals surface area contributed by atoms with Gasteiger partial charge in [-0.1, -0.05) is 80.6 Å². The van der Waals surface area contributed by atoms with Gasteiger partial charge in [-0.25, -0.2) is 0 Å². The van der Waals surface area contributed by atoms with E-state index >= 15 is 0 Å². The van der Waals surface area contributed by atoms with Crippen molar-refractivity contribution < 1.29 is 17.1 Å². The molecule has 0 heterocycles. The average Bonchev–Trinajstić information content (AvgIpc) is 3.15. The molecule has 0 amide bonds. The summed E-state index contributed by atoms with van der Waals surface area (Å²) >= 11 is 0. The Kier molecular flexibility index (Phi) is 7.36. The first-order chi connectivity index (χ1) is 9.27. The third-order valence-corrected chi connectivity index (χ3v) is 3.13. The predicted molar refractivity (Wildman–Crippen MR) is 84.5 cm³/mol. The Bertz CT molecular complexity index is 503. The molecule has 0 atom stereocenters. The maximum absolute atomic E-state index is 2.22. The maximum Gasteiger partial charge on any atom is 0.00571 e. The van der Waals surface area contributed by atoms with E-state index in [1.54, 1.807) is 0 Å². The Balaban J connectivity index is 0.000000283. The Hall–Kier alpha value is -1.30. The predicted octanol–water partition coefficient (Wildman–Crippen LogP) is 5.28. The smallest absolute Gasteiger partial charge is 0.00571 e.